The number of hydrogen-bond acceptors (Lipinski definition) is 3. The van der Waals surface area contributed by atoms with Gasteiger partial charge in [-0.1, -0.05) is 84.5 Å². The maximum absolute atomic E-state index is 6.06. The number of benzene rings is 1. The Morgan fingerprint density at radius 2 is 1.22 bits per heavy atom. The molecule has 0 fully saturated rings. The number of ether oxygens (including phenoxy) is 1. The summed E-state index contributed by atoms with van der Waals surface area (Å²) in [6.45, 7) is 6.69. The topological polar surface area (TPSA) is 35.0 Å². The Morgan fingerprint density at radius 1 is 0.688 bits per heavy atom. The van der Waals surface area contributed by atoms with E-state index < -0.39 is 0 Å². The molecule has 0 bridgehead atoms. The highest BCUT2D eigenvalue weighted by Gasteiger charge is 2.06. The van der Waals surface area contributed by atoms with E-state index in [1.165, 1.54) is 89.0 Å². The molecule has 178 valence electrons. The maximum Gasteiger partial charge on any atom is 0.159 e. The Labute approximate surface area is 197 Å². The van der Waals surface area contributed by atoms with Gasteiger partial charge in [0.05, 0.1) is 6.10 Å². The van der Waals surface area contributed by atoms with E-state index in [1.54, 1.807) is 0 Å². The molecule has 0 unspecified atom stereocenters. The second kappa shape index (κ2) is 16.7. The zero-order valence-electron chi connectivity index (χ0n) is 21.0. The van der Waals surface area contributed by atoms with Crippen molar-refractivity contribution in [3.05, 3.63) is 42.2 Å². The van der Waals surface area contributed by atoms with Gasteiger partial charge in [0.25, 0.3) is 0 Å². The standard InChI is InChI=1S/C29H46N2O/c1-4-6-8-10-11-12-13-14-16-18-26-23-30-29(31-24-26)27-19-21-28(22-20-27)32-25(3)17-15-9-7-5-2/h19-25H,4-18H2,1-3H3/t25-/m0/s1. The van der Waals surface area contributed by atoms with E-state index >= 15 is 0 Å². The van der Waals surface area contributed by atoms with Gasteiger partial charge in [-0.05, 0) is 62.4 Å². The Bertz CT molecular complexity index is 696. The van der Waals surface area contributed by atoms with E-state index in [0.29, 0.717) is 0 Å². The van der Waals surface area contributed by atoms with E-state index in [1.807, 2.05) is 24.5 Å². The minimum Gasteiger partial charge on any atom is -0.491 e. The molecule has 0 radical (unpaired) electrons. The van der Waals surface area contributed by atoms with Gasteiger partial charge < -0.3 is 4.74 Å². The molecule has 3 heteroatoms. The second-order valence-corrected chi connectivity index (χ2v) is 9.30. The molecule has 2 rings (SSSR count). The van der Waals surface area contributed by atoms with Gasteiger partial charge in [-0.25, -0.2) is 9.97 Å². The largest absolute Gasteiger partial charge is 0.491 e. The average Bonchev–Trinajstić information content (AvgIpc) is 2.82. The van der Waals surface area contributed by atoms with E-state index in [4.69, 9.17) is 4.74 Å². The van der Waals surface area contributed by atoms with Crippen molar-refractivity contribution in [1.29, 1.82) is 0 Å². The van der Waals surface area contributed by atoms with E-state index in [9.17, 15) is 0 Å². The first-order valence-corrected chi connectivity index (χ1v) is 13.3. The Balaban J connectivity index is 1.66. The molecule has 3 nitrogen and oxygen atoms in total. The van der Waals surface area contributed by atoms with Crippen molar-refractivity contribution in [3.63, 3.8) is 0 Å². The lowest BCUT2D eigenvalue weighted by atomic mass is 10.1. The van der Waals surface area contributed by atoms with Gasteiger partial charge in [-0.15, -0.1) is 0 Å². The van der Waals surface area contributed by atoms with Crippen LogP contribution in [0.15, 0.2) is 36.7 Å². The fraction of sp³-hybridized carbons (Fsp3) is 0.655. The summed E-state index contributed by atoms with van der Waals surface area (Å²) in [4.78, 5) is 9.20. The number of hydrogen-bond donors (Lipinski definition) is 0. The SMILES string of the molecule is CCCCCCCCCCCc1cnc(-c2ccc(O[C@@H](C)CCCCCC)cc2)nc1. The summed E-state index contributed by atoms with van der Waals surface area (Å²) in [5.74, 6) is 1.72. The highest BCUT2D eigenvalue weighted by Crippen LogP contribution is 2.21. The predicted octanol–water partition coefficient (Wildman–Crippen LogP) is 8.95. The van der Waals surface area contributed by atoms with Crippen molar-refractivity contribution >= 4 is 0 Å². The summed E-state index contributed by atoms with van der Waals surface area (Å²) in [5.41, 5.74) is 2.29. The van der Waals surface area contributed by atoms with Crippen LogP contribution < -0.4 is 4.74 Å². The molecule has 0 aliphatic rings. The molecular weight excluding hydrogens is 392 g/mol. The Kier molecular flexibility index (Phi) is 13.7. The van der Waals surface area contributed by atoms with Crippen LogP contribution in [0, 0.1) is 0 Å². The second-order valence-electron chi connectivity index (χ2n) is 9.30. The van der Waals surface area contributed by atoms with E-state index in [0.717, 1.165) is 30.0 Å². The summed E-state index contributed by atoms with van der Waals surface area (Å²) in [7, 11) is 0. The molecular formula is C29H46N2O. The van der Waals surface area contributed by atoms with Gasteiger partial charge in [0, 0.05) is 18.0 Å². The quantitative estimate of drug-likeness (QED) is 0.218. The van der Waals surface area contributed by atoms with Gasteiger partial charge >= 0.3 is 0 Å². The molecule has 1 atom stereocenters. The van der Waals surface area contributed by atoms with Crippen LogP contribution in [-0.4, -0.2) is 16.1 Å². The minimum absolute atomic E-state index is 0.259. The van der Waals surface area contributed by atoms with Gasteiger partial charge in [0.15, 0.2) is 5.82 Å². The molecule has 0 N–H and O–H groups in total. The monoisotopic (exact) mass is 438 g/mol. The summed E-state index contributed by atoms with van der Waals surface area (Å²) in [5, 5.41) is 0. The van der Waals surface area contributed by atoms with Crippen LogP contribution in [0.3, 0.4) is 0 Å². The zero-order chi connectivity index (χ0) is 22.9. The first-order valence-electron chi connectivity index (χ1n) is 13.3. The average molecular weight is 439 g/mol. The summed E-state index contributed by atoms with van der Waals surface area (Å²) < 4.78 is 6.06. The van der Waals surface area contributed by atoms with E-state index in [-0.39, 0.29) is 6.10 Å². The number of aryl methyl sites for hydroxylation is 1. The maximum atomic E-state index is 6.06. The third-order valence-corrected chi connectivity index (χ3v) is 6.19. The van der Waals surface area contributed by atoms with Gasteiger partial charge in [-0.2, -0.15) is 0 Å². The molecule has 0 saturated heterocycles. The first kappa shape index (κ1) is 26.4. The number of aromatic nitrogens is 2. The zero-order valence-corrected chi connectivity index (χ0v) is 21.0. The van der Waals surface area contributed by atoms with Crippen LogP contribution >= 0.6 is 0 Å². The highest BCUT2D eigenvalue weighted by molar-refractivity contribution is 5.55. The van der Waals surface area contributed by atoms with Crippen LogP contribution in [-0.2, 0) is 6.42 Å². The lowest BCUT2D eigenvalue weighted by molar-refractivity contribution is 0.206. The molecule has 0 amide bonds. The number of nitrogens with zero attached hydrogens (tertiary/aromatic N) is 2. The summed E-state index contributed by atoms with van der Waals surface area (Å²) >= 11 is 0. The fourth-order valence-corrected chi connectivity index (χ4v) is 4.11. The smallest absolute Gasteiger partial charge is 0.159 e. The third kappa shape index (κ3) is 11.1. The normalized spacial score (nSPS) is 12.1. The third-order valence-electron chi connectivity index (χ3n) is 6.19. The number of unbranched alkanes of at least 4 members (excludes halogenated alkanes) is 11. The van der Waals surface area contributed by atoms with Gasteiger partial charge in [-0.3, -0.25) is 0 Å². The van der Waals surface area contributed by atoms with Crippen molar-refractivity contribution < 1.29 is 4.74 Å². The molecule has 0 aliphatic carbocycles. The molecule has 1 aromatic carbocycles. The summed E-state index contributed by atoms with van der Waals surface area (Å²) in [6, 6.07) is 8.21. The van der Waals surface area contributed by atoms with Crippen LogP contribution in [0.1, 0.15) is 116 Å². The van der Waals surface area contributed by atoms with Crippen LogP contribution in [0.4, 0.5) is 0 Å². The molecule has 0 aliphatic heterocycles. The molecule has 2 aromatic rings. The van der Waals surface area contributed by atoms with Gasteiger partial charge in [0.2, 0.25) is 0 Å². The molecule has 1 aromatic heterocycles. The Hall–Kier alpha value is -1.90. The fourth-order valence-electron chi connectivity index (χ4n) is 4.11. The van der Waals surface area contributed by atoms with Gasteiger partial charge in [0.1, 0.15) is 5.75 Å². The highest BCUT2D eigenvalue weighted by atomic mass is 16.5. The number of rotatable bonds is 18. The molecule has 0 saturated carbocycles. The summed E-state index contributed by atoms with van der Waals surface area (Å²) in [6.07, 6.45) is 23.8. The predicted molar refractivity (Wildman–Crippen MR) is 137 cm³/mol. The lowest BCUT2D eigenvalue weighted by Gasteiger charge is -2.14. The molecule has 1 heterocycles. The van der Waals surface area contributed by atoms with Crippen molar-refractivity contribution in [2.75, 3.05) is 0 Å². The van der Waals surface area contributed by atoms with E-state index in [2.05, 4.69) is 42.9 Å². The van der Waals surface area contributed by atoms with Crippen molar-refractivity contribution in [2.45, 2.75) is 123 Å². The van der Waals surface area contributed by atoms with Crippen LogP contribution in [0.5, 0.6) is 5.75 Å². The lowest BCUT2D eigenvalue weighted by Crippen LogP contribution is -2.11. The first-order chi connectivity index (χ1) is 15.7. The van der Waals surface area contributed by atoms with Crippen molar-refractivity contribution in [3.8, 4) is 17.1 Å². The molecule has 32 heavy (non-hydrogen) atoms. The Morgan fingerprint density at radius 3 is 1.81 bits per heavy atom. The van der Waals surface area contributed by atoms with Crippen molar-refractivity contribution in [2.24, 2.45) is 0 Å². The minimum atomic E-state index is 0.259. The molecule has 0 spiro atoms. The van der Waals surface area contributed by atoms with Crippen LogP contribution in [0.25, 0.3) is 11.4 Å². The van der Waals surface area contributed by atoms with Crippen LogP contribution in [0.2, 0.25) is 0 Å². The van der Waals surface area contributed by atoms with Crippen molar-refractivity contribution in [1.82, 2.24) is 9.97 Å².